The highest BCUT2D eigenvalue weighted by molar-refractivity contribution is 5.94. The summed E-state index contributed by atoms with van der Waals surface area (Å²) in [4.78, 5) is 27.6. The normalized spacial score (nSPS) is 13.2. The number of nitrogens with one attached hydrogen (secondary N) is 2. The molecule has 1 aromatic heterocycles. The van der Waals surface area contributed by atoms with Gasteiger partial charge >= 0.3 is 0 Å². The van der Waals surface area contributed by atoms with Gasteiger partial charge in [-0.25, -0.2) is 0 Å². The van der Waals surface area contributed by atoms with Gasteiger partial charge in [-0.1, -0.05) is 6.07 Å². The molecule has 0 saturated carbocycles. The Hall–Kier alpha value is -2.76. The second kappa shape index (κ2) is 8.29. The Kier molecular flexibility index (Phi) is 5.84. The quantitative estimate of drug-likeness (QED) is 0.819. The van der Waals surface area contributed by atoms with Crippen molar-refractivity contribution >= 4 is 5.91 Å². The van der Waals surface area contributed by atoms with Gasteiger partial charge in [-0.15, -0.1) is 0 Å². The van der Waals surface area contributed by atoms with Crippen molar-refractivity contribution in [2.24, 2.45) is 0 Å². The van der Waals surface area contributed by atoms with Crippen molar-refractivity contribution < 1.29 is 14.3 Å². The molecule has 0 bridgehead atoms. The molecule has 0 atom stereocenters. The molecule has 6 heteroatoms. The number of aromatic nitrogens is 1. The third-order valence-corrected chi connectivity index (χ3v) is 4.63. The van der Waals surface area contributed by atoms with Crippen LogP contribution in [-0.2, 0) is 19.4 Å². The number of aryl methyl sites for hydroxylation is 2. The zero-order chi connectivity index (χ0) is 19.4. The van der Waals surface area contributed by atoms with Crippen molar-refractivity contribution in [2.45, 2.75) is 52.2 Å². The Labute approximate surface area is 158 Å². The summed E-state index contributed by atoms with van der Waals surface area (Å²) in [6.07, 6.45) is 3.98. The summed E-state index contributed by atoms with van der Waals surface area (Å²) < 4.78 is 11.1. The molecule has 1 aliphatic rings. The summed E-state index contributed by atoms with van der Waals surface area (Å²) in [6, 6.07) is 7.27. The highest BCUT2D eigenvalue weighted by atomic mass is 16.5. The summed E-state index contributed by atoms with van der Waals surface area (Å²) in [6.45, 7) is 4.20. The van der Waals surface area contributed by atoms with E-state index in [1.54, 1.807) is 13.2 Å². The van der Waals surface area contributed by atoms with E-state index < -0.39 is 0 Å². The molecule has 0 unspecified atom stereocenters. The maximum Gasteiger partial charge on any atom is 0.261 e. The van der Waals surface area contributed by atoms with Crippen LogP contribution in [0.2, 0.25) is 0 Å². The van der Waals surface area contributed by atoms with Crippen molar-refractivity contribution in [3.05, 3.63) is 57.0 Å². The monoisotopic (exact) mass is 370 g/mol. The Morgan fingerprint density at radius 2 is 1.96 bits per heavy atom. The smallest absolute Gasteiger partial charge is 0.261 e. The fourth-order valence-electron chi connectivity index (χ4n) is 3.29. The third-order valence-electron chi connectivity index (χ3n) is 4.63. The molecule has 0 saturated heterocycles. The standard InChI is InChI=1S/C21H26N2O4/c1-13(2)27-18-9-8-14(10-19(18)26-3)12-22-20(24)16-11-15-6-4-5-7-17(15)23-21(16)25/h8-11,13H,4-7,12H2,1-3H3,(H,22,24)(H,23,25). The molecular weight excluding hydrogens is 344 g/mol. The minimum atomic E-state index is -0.369. The molecular formula is C21H26N2O4. The maximum atomic E-state index is 12.5. The highest BCUT2D eigenvalue weighted by Gasteiger charge is 2.17. The lowest BCUT2D eigenvalue weighted by Gasteiger charge is -2.16. The largest absolute Gasteiger partial charge is 0.493 e. The second-order valence-electron chi connectivity index (χ2n) is 7.06. The van der Waals surface area contributed by atoms with Gasteiger partial charge in [0.05, 0.1) is 13.2 Å². The summed E-state index contributed by atoms with van der Waals surface area (Å²) in [5.74, 6) is 0.905. The van der Waals surface area contributed by atoms with Crippen LogP contribution in [-0.4, -0.2) is 24.1 Å². The zero-order valence-corrected chi connectivity index (χ0v) is 16.1. The Morgan fingerprint density at radius 3 is 2.70 bits per heavy atom. The third kappa shape index (κ3) is 4.51. The van der Waals surface area contributed by atoms with Crippen LogP contribution < -0.4 is 20.3 Å². The van der Waals surface area contributed by atoms with Crippen molar-refractivity contribution in [2.75, 3.05) is 7.11 Å². The second-order valence-corrected chi connectivity index (χ2v) is 7.06. The first-order chi connectivity index (χ1) is 13.0. The fourth-order valence-corrected chi connectivity index (χ4v) is 3.29. The van der Waals surface area contributed by atoms with E-state index in [4.69, 9.17) is 9.47 Å². The van der Waals surface area contributed by atoms with E-state index >= 15 is 0 Å². The van der Waals surface area contributed by atoms with Crippen LogP contribution in [0.5, 0.6) is 11.5 Å². The number of hydrogen-bond acceptors (Lipinski definition) is 4. The molecule has 3 rings (SSSR count). The van der Waals surface area contributed by atoms with E-state index in [1.165, 1.54) is 0 Å². The van der Waals surface area contributed by atoms with Crippen LogP contribution in [0.3, 0.4) is 0 Å². The number of rotatable bonds is 6. The number of aromatic amines is 1. The Morgan fingerprint density at radius 1 is 1.19 bits per heavy atom. The average molecular weight is 370 g/mol. The van der Waals surface area contributed by atoms with Crippen LogP contribution in [0.25, 0.3) is 0 Å². The van der Waals surface area contributed by atoms with Crippen molar-refractivity contribution in [3.63, 3.8) is 0 Å². The number of benzene rings is 1. The number of pyridine rings is 1. The number of carbonyl (C=O) groups is 1. The predicted octanol–water partition coefficient (Wildman–Crippen LogP) is 2.98. The first-order valence-electron chi connectivity index (χ1n) is 9.34. The SMILES string of the molecule is COc1cc(CNC(=O)c2cc3c([nH]c2=O)CCCC3)ccc1OC(C)C. The summed E-state index contributed by atoms with van der Waals surface area (Å²) in [5.41, 5.74) is 2.75. The topological polar surface area (TPSA) is 80.4 Å². The number of carbonyl (C=O) groups excluding carboxylic acids is 1. The van der Waals surface area contributed by atoms with Gasteiger partial charge < -0.3 is 19.8 Å². The lowest BCUT2D eigenvalue weighted by atomic mass is 9.95. The Balaban J connectivity index is 1.71. The molecule has 2 N–H and O–H groups in total. The number of H-pyrrole nitrogens is 1. The van der Waals surface area contributed by atoms with Gasteiger partial charge in [0.15, 0.2) is 11.5 Å². The summed E-state index contributed by atoms with van der Waals surface area (Å²) in [5, 5.41) is 2.82. The minimum absolute atomic E-state index is 0.0418. The van der Waals surface area contributed by atoms with Crippen LogP contribution >= 0.6 is 0 Å². The molecule has 1 amide bonds. The fraction of sp³-hybridized carbons (Fsp3) is 0.429. The number of amides is 1. The molecule has 1 aromatic carbocycles. The van der Waals surface area contributed by atoms with Crippen molar-refractivity contribution in [1.29, 1.82) is 0 Å². The van der Waals surface area contributed by atoms with Gasteiger partial charge in [-0.3, -0.25) is 9.59 Å². The van der Waals surface area contributed by atoms with E-state index in [-0.39, 0.29) is 23.1 Å². The van der Waals surface area contributed by atoms with Gasteiger partial charge in [-0.05, 0) is 68.9 Å². The van der Waals surface area contributed by atoms with Crippen LogP contribution in [0.1, 0.15) is 53.9 Å². The van der Waals surface area contributed by atoms with E-state index in [2.05, 4.69) is 10.3 Å². The van der Waals surface area contributed by atoms with Gasteiger partial charge in [0.25, 0.3) is 11.5 Å². The van der Waals surface area contributed by atoms with Crippen LogP contribution in [0.15, 0.2) is 29.1 Å². The van der Waals surface area contributed by atoms with Crippen molar-refractivity contribution in [1.82, 2.24) is 10.3 Å². The summed E-state index contributed by atoms with van der Waals surface area (Å²) >= 11 is 0. The molecule has 0 spiro atoms. The molecule has 0 fully saturated rings. The average Bonchev–Trinajstić information content (AvgIpc) is 2.66. The van der Waals surface area contributed by atoms with Crippen molar-refractivity contribution in [3.8, 4) is 11.5 Å². The van der Waals surface area contributed by atoms with Gasteiger partial charge in [0.2, 0.25) is 0 Å². The molecule has 1 aliphatic carbocycles. The first-order valence-corrected chi connectivity index (χ1v) is 9.34. The zero-order valence-electron chi connectivity index (χ0n) is 16.1. The molecule has 0 radical (unpaired) electrons. The maximum absolute atomic E-state index is 12.5. The van der Waals surface area contributed by atoms with Gasteiger partial charge in [0, 0.05) is 12.2 Å². The molecule has 27 heavy (non-hydrogen) atoms. The summed E-state index contributed by atoms with van der Waals surface area (Å²) in [7, 11) is 1.58. The highest BCUT2D eigenvalue weighted by Crippen LogP contribution is 2.29. The number of hydrogen-bond donors (Lipinski definition) is 2. The number of fused-ring (bicyclic) bond motifs is 1. The molecule has 2 aromatic rings. The van der Waals surface area contributed by atoms with Crippen LogP contribution in [0, 0.1) is 0 Å². The van der Waals surface area contributed by atoms with E-state index in [0.717, 1.165) is 42.5 Å². The van der Waals surface area contributed by atoms with Crippen LogP contribution in [0.4, 0.5) is 0 Å². The molecule has 144 valence electrons. The number of ether oxygens (including phenoxy) is 2. The van der Waals surface area contributed by atoms with E-state index in [1.807, 2.05) is 32.0 Å². The Bertz CT molecular complexity index is 886. The van der Waals surface area contributed by atoms with E-state index in [9.17, 15) is 9.59 Å². The molecule has 6 nitrogen and oxygen atoms in total. The van der Waals surface area contributed by atoms with Gasteiger partial charge in [0.1, 0.15) is 5.56 Å². The molecule has 0 aliphatic heterocycles. The lowest BCUT2D eigenvalue weighted by molar-refractivity contribution is 0.0949. The predicted molar refractivity (Wildman–Crippen MR) is 104 cm³/mol. The minimum Gasteiger partial charge on any atom is -0.493 e. The van der Waals surface area contributed by atoms with Gasteiger partial charge in [-0.2, -0.15) is 0 Å². The molecule has 1 heterocycles. The number of methoxy groups -OCH3 is 1. The first kappa shape index (κ1) is 19.0. The van der Waals surface area contributed by atoms with E-state index in [0.29, 0.717) is 18.0 Å². The lowest BCUT2D eigenvalue weighted by Crippen LogP contribution is -2.30.